The first kappa shape index (κ1) is 18.1. The zero-order valence-corrected chi connectivity index (χ0v) is 15.5. The molecule has 23 heavy (non-hydrogen) atoms. The third kappa shape index (κ3) is 4.38. The summed E-state index contributed by atoms with van der Waals surface area (Å²) in [4.78, 5) is 14.4. The minimum Gasteiger partial charge on any atom is -0.493 e. The molecule has 1 saturated heterocycles. The molecule has 6 heteroatoms. The highest BCUT2D eigenvalue weighted by Crippen LogP contribution is 2.34. The van der Waals surface area contributed by atoms with Gasteiger partial charge in [0.15, 0.2) is 11.5 Å². The predicted molar refractivity (Wildman–Crippen MR) is 91.9 cm³/mol. The van der Waals surface area contributed by atoms with Crippen LogP contribution in [0.15, 0.2) is 16.6 Å². The summed E-state index contributed by atoms with van der Waals surface area (Å²) in [7, 11) is 3.24. The molecule has 0 radical (unpaired) electrons. The number of likely N-dealkylation sites (tertiary alicyclic amines) is 1. The minimum absolute atomic E-state index is 0.121. The number of carbonyl (C=O) groups excluding carboxylic acids is 1. The molecule has 0 N–H and O–H groups in total. The van der Waals surface area contributed by atoms with Gasteiger partial charge in [-0.15, -0.1) is 0 Å². The van der Waals surface area contributed by atoms with Gasteiger partial charge in [-0.05, 0) is 44.0 Å². The number of carbonyl (C=O) groups is 1. The van der Waals surface area contributed by atoms with E-state index < -0.39 is 0 Å². The summed E-state index contributed by atoms with van der Waals surface area (Å²) in [5.74, 6) is 1.25. The molecular weight excluding hydrogens is 362 g/mol. The lowest BCUT2D eigenvalue weighted by Crippen LogP contribution is -2.45. The number of esters is 1. The molecule has 0 amide bonds. The largest absolute Gasteiger partial charge is 0.493 e. The van der Waals surface area contributed by atoms with Crippen LogP contribution >= 0.6 is 15.9 Å². The molecular formula is C17H24BrNO4. The van der Waals surface area contributed by atoms with Crippen LogP contribution in [0.3, 0.4) is 0 Å². The van der Waals surface area contributed by atoms with Crippen molar-refractivity contribution in [3.8, 4) is 11.5 Å². The van der Waals surface area contributed by atoms with Gasteiger partial charge in [0.1, 0.15) is 6.04 Å². The highest BCUT2D eigenvalue weighted by molar-refractivity contribution is 9.10. The van der Waals surface area contributed by atoms with Gasteiger partial charge >= 0.3 is 5.97 Å². The highest BCUT2D eigenvalue weighted by atomic mass is 79.9. The van der Waals surface area contributed by atoms with Gasteiger partial charge in [-0.3, -0.25) is 9.69 Å². The fraction of sp³-hybridized carbons (Fsp3) is 0.588. The average Bonchev–Trinajstić information content (AvgIpc) is 2.57. The maximum absolute atomic E-state index is 12.2. The zero-order valence-electron chi connectivity index (χ0n) is 13.9. The molecule has 0 spiro atoms. The quantitative estimate of drug-likeness (QED) is 0.702. The number of hydrogen-bond acceptors (Lipinski definition) is 5. The monoisotopic (exact) mass is 385 g/mol. The van der Waals surface area contributed by atoms with Crippen molar-refractivity contribution in [1.29, 1.82) is 0 Å². The van der Waals surface area contributed by atoms with E-state index in [9.17, 15) is 4.79 Å². The molecule has 1 heterocycles. The molecule has 1 aliphatic rings. The van der Waals surface area contributed by atoms with Crippen molar-refractivity contribution in [1.82, 2.24) is 4.90 Å². The maximum atomic E-state index is 12.2. The summed E-state index contributed by atoms with van der Waals surface area (Å²) in [6, 6.07) is 3.70. The van der Waals surface area contributed by atoms with Gasteiger partial charge in [-0.25, -0.2) is 0 Å². The Hall–Kier alpha value is -1.27. The molecule has 5 nitrogen and oxygen atoms in total. The molecule has 0 unspecified atom stereocenters. The van der Waals surface area contributed by atoms with Crippen LogP contribution in [0.5, 0.6) is 11.5 Å². The first-order chi connectivity index (χ1) is 11.1. The molecule has 1 aromatic carbocycles. The van der Waals surface area contributed by atoms with E-state index in [2.05, 4.69) is 20.8 Å². The van der Waals surface area contributed by atoms with E-state index in [1.807, 2.05) is 19.1 Å². The van der Waals surface area contributed by atoms with E-state index in [1.54, 1.807) is 14.2 Å². The van der Waals surface area contributed by atoms with Crippen LogP contribution in [0.4, 0.5) is 0 Å². The highest BCUT2D eigenvalue weighted by Gasteiger charge is 2.30. The Bertz CT molecular complexity index is 550. The molecule has 2 rings (SSSR count). The Balaban J connectivity index is 2.20. The summed E-state index contributed by atoms with van der Waals surface area (Å²) in [6.45, 7) is 3.83. The first-order valence-corrected chi connectivity index (χ1v) is 8.71. The van der Waals surface area contributed by atoms with Gasteiger partial charge in [0, 0.05) is 11.0 Å². The Morgan fingerprint density at radius 1 is 1.26 bits per heavy atom. The molecule has 1 aromatic rings. The molecule has 1 aliphatic heterocycles. The van der Waals surface area contributed by atoms with Crippen LogP contribution in [0.2, 0.25) is 0 Å². The lowest BCUT2D eigenvalue weighted by molar-refractivity contribution is -0.151. The number of rotatable bonds is 6. The standard InChI is InChI=1S/C17H24BrNO4/c1-4-23-17(20)14-7-5-6-8-19(14)11-12-9-15(21-2)16(22-3)10-13(12)18/h9-10,14H,4-8,11H2,1-3H3/t14-/m1/s1. The van der Waals surface area contributed by atoms with Gasteiger partial charge in [0.2, 0.25) is 0 Å². The third-order valence-corrected chi connectivity index (χ3v) is 4.84. The van der Waals surface area contributed by atoms with Gasteiger partial charge < -0.3 is 14.2 Å². The number of methoxy groups -OCH3 is 2. The van der Waals surface area contributed by atoms with Crippen LogP contribution in [0.25, 0.3) is 0 Å². The molecule has 1 atom stereocenters. The Labute approximate surface area is 146 Å². The molecule has 0 bridgehead atoms. The lowest BCUT2D eigenvalue weighted by atomic mass is 10.0. The van der Waals surface area contributed by atoms with Crippen LogP contribution < -0.4 is 9.47 Å². The van der Waals surface area contributed by atoms with Gasteiger partial charge in [0.25, 0.3) is 0 Å². The van der Waals surface area contributed by atoms with E-state index in [0.717, 1.165) is 35.8 Å². The van der Waals surface area contributed by atoms with E-state index in [-0.39, 0.29) is 12.0 Å². The number of hydrogen-bond donors (Lipinski definition) is 0. The number of ether oxygens (including phenoxy) is 3. The molecule has 0 aromatic heterocycles. The predicted octanol–water partition coefficient (Wildman–Crippen LogP) is 3.38. The second kappa shape index (κ2) is 8.55. The van der Waals surface area contributed by atoms with Gasteiger partial charge in [0.05, 0.1) is 20.8 Å². The maximum Gasteiger partial charge on any atom is 0.323 e. The summed E-state index contributed by atoms with van der Waals surface area (Å²) in [6.07, 6.45) is 3.01. The van der Waals surface area contributed by atoms with E-state index >= 15 is 0 Å². The number of nitrogens with zero attached hydrogens (tertiary/aromatic N) is 1. The Morgan fingerprint density at radius 2 is 1.96 bits per heavy atom. The van der Waals surface area contributed by atoms with Crippen molar-refractivity contribution in [2.75, 3.05) is 27.4 Å². The van der Waals surface area contributed by atoms with Crippen LogP contribution in [-0.4, -0.2) is 44.3 Å². The van der Waals surface area contributed by atoms with E-state index in [0.29, 0.717) is 24.7 Å². The Kier molecular flexibility index (Phi) is 6.72. The molecule has 128 valence electrons. The van der Waals surface area contributed by atoms with Crippen molar-refractivity contribution >= 4 is 21.9 Å². The second-order valence-electron chi connectivity index (χ2n) is 5.53. The van der Waals surface area contributed by atoms with Crippen molar-refractivity contribution in [2.24, 2.45) is 0 Å². The third-order valence-electron chi connectivity index (χ3n) is 4.10. The number of piperidine rings is 1. The summed E-state index contributed by atoms with van der Waals surface area (Å²) >= 11 is 3.59. The fourth-order valence-corrected chi connectivity index (χ4v) is 3.37. The summed E-state index contributed by atoms with van der Waals surface area (Å²) < 4.78 is 16.9. The second-order valence-corrected chi connectivity index (χ2v) is 6.39. The van der Waals surface area contributed by atoms with E-state index in [1.165, 1.54) is 0 Å². The number of benzene rings is 1. The van der Waals surface area contributed by atoms with Gasteiger partial charge in [-0.1, -0.05) is 22.4 Å². The average molecular weight is 386 g/mol. The topological polar surface area (TPSA) is 48.0 Å². The van der Waals surface area contributed by atoms with Crippen molar-refractivity contribution < 1.29 is 19.0 Å². The zero-order chi connectivity index (χ0) is 16.8. The summed E-state index contributed by atoms with van der Waals surface area (Å²) in [5.41, 5.74) is 1.07. The summed E-state index contributed by atoms with van der Waals surface area (Å²) in [5, 5.41) is 0. The smallest absolute Gasteiger partial charge is 0.323 e. The van der Waals surface area contributed by atoms with E-state index in [4.69, 9.17) is 14.2 Å². The van der Waals surface area contributed by atoms with Crippen molar-refractivity contribution in [3.63, 3.8) is 0 Å². The molecule has 0 saturated carbocycles. The molecule has 0 aliphatic carbocycles. The molecule has 1 fully saturated rings. The Morgan fingerprint density at radius 3 is 2.61 bits per heavy atom. The lowest BCUT2D eigenvalue weighted by Gasteiger charge is -2.34. The van der Waals surface area contributed by atoms with Crippen LogP contribution in [0.1, 0.15) is 31.7 Å². The normalized spacial score (nSPS) is 18.5. The number of halogens is 1. The van der Waals surface area contributed by atoms with Crippen LogP contribution in [-0.2, 0) is 16.1 Å². The van der Waals surface area contributed by atoms with Crippen molar-refractivity contribution in [2.45, 2.75) is 38.8 Å². The SMILES string of the molecule is CCOC(=O)[C@H]1CCCCN1Cc1cc(OC)c(OC)cc1Br. The van der Waals surface area contributed by atoms with Crippen LogP contribution in [0, 0.1) is 0 Å². The van der Waals surface area contributed by atoms with Crippen molar-refractivity contribution in [3.05, 3.63) is 22.2 Å². The first-order valence-electron chi connectivity index (χ1n) is 7.91. The minimum atomic E-state index is -0.163. The van der Waals surface area contributed by atoms with Gasteiger partial charge in [-0.2, -0.15) is 0 Å². The fourth-order valence-electron chi connectivity index (χ4n) is 2.92.